The lowest BCUT2D eigenvalue weighted by atomic mass is 9.77. The molecule has 1 saturated heterocycles. The fourth-order valence-electron chi connectivity index (χ4n) is 4.54. The number of para-hydroxylation sites is 1. The summed E-state index contributed by atoms with van der Waals surface area (Å²) in [6.07, 6.45) is 1.82. The molecule has 5 rings (SSSR count). The highest BCUT2D eigenvalue weighted by molar-refractivity contribution is 6.11. The zero-order valence-corrected chi connectivity index (χ0v) is 14.7. The first-order chi connectivity index (χ1) is 13.1. The molecule has 0 N–H and O–H groups in total. The van der Waals surface area contributed by atoms with Gasteiger partial charge in [0.15, 0.2) is 11.6 Å². The minimum atomic E-state index is -1.11. The standard InChI is InChI=1S/C21H19F2NO3/c22-16-9-15-19(10-17(16)23)27-12-21(15)14-3-1-2-4-18(14)24(20(21)25)11-13-5-7-26-8-6-13/h1-4,9-10,13H,5-8,11-12H2. The number of fused-ring (bicyclic) bond motifs is 4. The van der Waals surface area contributed by atoms with E-state index >= 15 is 0 Å². The number of ether oxygens (including phenoxy) is 2. The quantitative estimate of drug-likeness (QED) is 0.812. The molecule has 0 saturated carbocycles. The fourth-order valence-corrected chi connectivity index (χ4v) is 4.54. The van der Waals surface area contributed by atoms with E-state index < -0.39 is 17.0 Å². The number of carbonyl (C=O) groups is 1. The van der Waals surface area contributed by atoms with Gasteiger partial charge in [-0.25, -0.2) is 8.78 Å². The van der Waals surface area contributed by atoms with Crippen molar-refractivity contribution in [1.82, 2.24) is 0 Å². The lowest BCUT2D eigenvalue weighted by Crippen LogP contribution is -2.44. The molecular weight excluding hydrogens is 352 g/mol. The van der Waals surface area contributed by atoms with Gasteiger partial charge in [0.05, 0.1) is 0 Å². The van der Waals surface area contributed by atoms with E-state index in [1.165, 1.54) is 0 Å². The molecule has 140 valence electrons. The van der Waals surface area contributed by atoms with Gasteiger partial charge < -0.3 is 14.4 Å². The maximum Gasteiger partial charge on any atom is 0.245 e. The smallest absolute Gasteiger partial charge is 0.245 e. The van der Waals surface area contributed by atoms with Crippen molar-refractivity contribution < 1.29 is 23.0 Å². The molecule has 3 aliphatic heterocycles. The van der Waals surface area contributed by atoms with Crippen LogP contribution >= 0.6 is 0 Å². The molecule has 6 heteroatoms. The number of anilines is 1. The van der Waals surface area contributed by atoms with Gasteiger partial charge in [-0.1, -0.05) is 18.2 Å². The van der Waals surface area contributed by atoms with Gasteiger partial charge >= 0.3 is 0 Å². The summed E-state index contributed by atoms with van der Waals surface area (Å²) in [6.45, 7) is 2.07. The van der Waals surface area contributed by atoms with E-state index in [1.54, 1.807) is 4.90 Å². The molecule has 1 spiro atoms. The van der Waals surface area contributed by atoms with Crippen molar-refractivity contribution in [3.8, 4) is 5.75 Å². The third kappa shape index (κ3) is 2.32. The van der Waals surface area contributed by atoms with Gasteiger partial charge in [0, 0.05) is 37.1 Å². The Bertz CT molecular complexity index is 926. The number of halogens is 2. The third-order valence-electron chi connectivity index (χ3n) is 5.97. The molecule has 0 radical (unpaired) electrons. The Morgan fingerprint density at radius 1 is 1.07 bits per heavy atom. The topological polar surface area (TPSA) is 38.8 Å². The molecule has 0 bridgehead atoms. The Hall–Kier alpha value is -2.47. The molecule has 3 heterocycles. The molecular formula is C21H19F2NO3. The first kappa shape index (κ1) is 16.7. The van der Waals surface area contributed by atoms with Gasteiger partial charge in [-0.2, -0.15) is 0 Å². The van der Waals surface area contributed by atoms with Crippen LogP contribution in [0.2, 0.25) is 0 Å². The van der Waals surface area contributed by atoms with E-state index in [4.69, 9.17) is 9.47 Å². The van der Waals surface area contributed by atoms with Crippen LogP contribution in [0.4, 0.5) is 14.5 Å². The van der Waals surface area contributed by atoms with Crippen LogP contribution in [0, 0.1) is 17.6 Å². The number of nitrogens with zero attached hydrogens (tertiary/aromatic N) is 1. The summed E-state index contributed by atoms with van der Waals surface area (Å²) in [4.78, 5) is 15.4. The molecule has 4 nitrogen and oxygen atoms in total. The van der Waals surface area contributed by atoms with Crippen molar-refractivity contribution in [3.63, 3.8) is 0 Å². The average Bonchev–Trinajstić information content (AvgIpc) is 3.16. The average molecular weight is 371 g/mol. The zero-order chi connectivity index (χ0) is 18.6. The lowest BCUT2D eigenvalue weighted by Gasteiger charge is -2.28. The van der Waals surface area contributed by atoms with Gasteiger partial charge in [0.25, 0.3) is 0 Å². The second-order valence-electron chi connectivity index (χ2n) is 7.45. The fraction of sp³-hybridized carbons (Fsp3) is 0.381. The number of benzene rings is 2. The summed E-state index contributed by atoms with van der Waals surface area (Å²) in [5.74, 6) is -1.46. The van der Waals surface area contributed by atoms with E-state index in [9.17, 15) is 13.6 Å². The van der Waals surface area contributed by atoms with Gasteiger partial charge in [0.1, 0.15) is 17.8 Å². The molecule has 0 aliphatic carbocycles. The summed E-state index contributed by atoms with van der Waals surface area (Å²) in [5.41, 5.74) is 0.932. The minimum absolute atomic E-state index is 0.0609. The molecule has 1 fully saturated rings. The third-order valence-corrected chi connectivity index (χ3v) is 5.97. The number of hydrogen-bond donors (Lipinski definition) is 0. The molecule has 2 aromatic rings. The SMILES string of the molecule is O=C1N(CC2CCOCC2)c2ccccc2C12COc1cc(F)c(F)cc12. The number of amides is 1. The van der Waals surface area contributed by atoms with Crippen molar-refractivity contribution >= 4 is 11.6 Å². The van der Waals surface area contributed by atoms with Crippen molar-refractivity contribution in [3.05, 3.63) is 59.2 Å². The van der Waals surface area contributed by atoms with Gasteiger partial charge in [-0.15, -0.1) is 0 Å². The van der Waals surface area contributed by atoms with Crippen molar-refractivity contribution in [2.45, 2.75) is 18.3 Å². The summed E-state index contributed by atoms with van der Waals surface area (Å²) < 4.78 is 38.8. The Kier molecular flexibility index (Phi) is 3.72. The van der Waals surface area contributed by atoms with E-state index in [0.29, 0.717) is 31.2 Å². The molecule has 1 unspecified atom stereocenters. The largest absolute Gasteiger partial charge is 0.491 e. The maximum atomic E-state index is 14.0. The first-order valence-electron chi connectivity index (χ1n) is 9.23. The van der Waals surface area contributed by atoms with Crippen LogP contribution in [0.25, 0.3) is 0 Å². The maximum absolute atomic E-state index is 14.0. The van der Waals surface area contributed by atoms with Crippen LogP contribution in [0.15, 0.2) is 36.4 Å². The van der Waals surface area contributed by atoms with E-state index in [2.05, 4.69) is 0 Å². The molecule has 2 aromatic carbocycles. The molecule has 0 aromatic heterocycles. The Labute approximate surface area is 155 Å². The number of hydrogen-bond acceptors (Lipinski definition) is 3. The van der Waals surface area contributed by atoms with Crippen LogP contribution in [-0.2, 0) is 14.9 Å². The van der Waals surface area contributed by atoms with Gasteiger partial charge in [-0.05, 0) is 36.5 Å². The van der Waals surface area contributed by atoms with E-state index in [1.807, 2.05) is 24.3 Å². The van der Waals surface area contributed by atoms with Crippen LogP contribution in [0.5, 0.6) is 5.75 Å². The highest BCUT2D eigenvalue weighted by atomic mass is 19.2. The highest BCUT2D eigenvalue weighted by Crippen LogP contribution is 2.52. The molecule has 1 amide bonds. The minimum Gasteiger partial charge on any atom is -0.491 e. The van der Waals surface area contributed by atoms with Gasteiger partial charge in [-0.3, -0.25) is 4.79 Å². The van der Waals surface area contributed by atoms with Crippen LogP contribution < -0.4 is 9.64 Å². The summed E-state index contributed by atoms with van der Waals surface area (Å²) >= 11 is 0. The Morgan fingerprint density at radius 2 is 1.81 bits per heavy atom. The monoisotopic (exact) mass is 371 g/mol. The second kappa shape index (κ2) is 6.02. The van der Waals surface area contributed by atoms with Gasteiger partial charge in [0.2, 0.25) is 5.91 Å². The van der Waals surface area contributed by atoms with Crippen LogP contribution in [0.3, 0.4) is 0 Å². The van der Waals surface area contributed by atoms with Crippen molar-refractivity contribution in [2.24, 2.45) is 5.92 Å². The van der Waals surface area contributed by atoms with Crippen molar-refractivity contribution in [1.29, 1.82) is 0 Å². The molecule has 3 aliphatic rings. The summed E-state index contributed by atoms with van der Waals surface area (Å²) in [6, 6.07) is 9.71. The van der Waals surface area contributed by atoms with Crippen LogP contribution in [-0.4, -0.2) is 32.3 Å². The lowest BCUT2D eigenvalue weighted by molar-refractivity contribution is -0.122. The van der Waals surface area contributed by atoms with Crippen LogP contribution in [0.1, 0.15) is 24.0 Å². The predicted octanol–water partition coefficient (Wildman–Crippen LogP) is 3.42. The first-order valence-corrected chi connectivity index (χ1v) is 9.23. The summed E-state index contributed by atoms with van der Waals surface area (Å²) in [5, 5.41) is 0. The van der Waals surface area contributed by atoms with E-state index in [0.717, 1.165) is 36.2 Å². The Morgan fingerprint density at radius 3 is 2.63 bits per heavy atom. The summed E-state index contributed by atoms with van der Waals surface area (Å²) in [7, 11) is 0. The number of rotatable bonds is 2. The number of carbonyl (C=O) groups excluding carboxylic acids is 1. The highest BCUT2D eigenvalue weighted by Gasteiger charge is 2.57. The molecule has 27 heavy (non-hydrogen) atoms. The van der Waals surface area contributed by atoms with E-state index in [-0.39, 0.29) is 18.3 Å². The zero-order valence-electron chi connectivity index (χ0n) is 14.7. The second-order valence-corrected chi connectivity index (χ2v) is 7.45. The van der Waals surface area contributed by atoms with Crippen molar-refractivity contribution in [2.75, 3.05) is 31.3 Å². The predicted molar refractivity (Wildman–Crippen MR) is 95.0 cm³/mol. The Balaban J connectivity index is 1.61. The molecule has 1 atom stereocenters. The normalized spacial score (nSPS) is 24.2.